The van der Waals surface area contributed by atoms with Crippen LogP contribution in [-0.4, -0.2) is 31.6 Å². The van der Waals surface area contributed by atoms with Gasteiger partial charge in [0.2, 0.25) is 0 Å². The molecule has 0 bridgehead atoms. The van der Waals surface area contributed by atoms with Crippen molar-refractivity contribution in [3.05, 3.63) is 33.3 Å². The van der Waals surface area contributed by atoms with Crippen molar-refractivity contribution in [1.82, 2.24) is 10.2 Å². The average molecular weight is 306 g/mol. The van der Waals surface area contributed by atoms with Crippen molar-refractivity contribution in [2.24, 2.45) is 0 Å². The van der Waals surface area contributed by atoms with Crippen molar-refractivity contribution < 1.29 is 0 Å². The summed E-state index contributed by atoms with van der Waals surface area (Å²) in [5, 5.41) is 4.25. The van der Waals surface area contributed by atoms with Crippen LogP contribution >= 0.6 is 27.5 Å². The van der Waals surface area contributed by atoms with E-state index >= 15 is 0 Å². The standard InChI is InChI=1S/C12H18BrClN2/c1-9(8-16(2)3)15-7-10-4-5-11(13)6-12(10)14/h4-6,9,15H,7-8H2,1-3H3. The normalized spacial score (nSPS) is 13.1. The van der Waals surface area contributed by atoms with Gasteiger partial charge in [-0.1, -0.05) is 33.6 Å². The molecule has 90 valence electrons. The van der Waals surface area contributed by atoms with Crippen LogP contribution in [-0.2, 0) is 6.54 Å². The summed E-state index contributed by atoms with van der Waals surface area (Å²) >= 11 is 9.54. The topological polar surface area (TPSA) is 15.3 Å². The van der Waals surface area contributed by atoms with Gasteiger partial charge in [-0.3, -0.25) is 0 Å². The molecule has 0 heterocycles. The monoisotopic (exact) mass is 304 g/mol. The lowest BCUT2D eigenvalue weighted by atomic mass is 10.2. The van der Waals surface area contributed by atoms with Crippen molar-refractivity contribution in [3.8, 4) is 0 Å². The summed E-state index contributed by atoms with van der Waals surface area (Å²) in [4.78, 5) is 2.17. The number of nitrogens with one attached hydrogen (secondary N) is 1. The van der Waals surface area contributed by atoms with E-state index in [9.17, 15) is 0 Å². The van der Waals surface area contributed by atoms with Crippen molar-refractivity contribution in [2.45, 2.75) is 19.5 Å². The first-order chi connectivity index (χ1) is 7.49. The maximum Gasteiger partial charge on any atom is 0.0462 e. The van der Waals surface area contributed by atoms with Gasteiger partial charge in [0.1, 0.15) is 0 Å². The van der Waals surface area contributed by atoms with Crippen LogP contribution < -0.4 is 5.32 Å². The molecule has 0 aliphatic rings. The van der Waals surface area contributed by atoms with Gasteiger partial charge in [0.15, 0.2) is 0 Å². The highest BCUT2D eigenvalue weighted by atomic mass is 79.9. The lowest BCUT2D eigenvalue weighted by molar-refractivity contribution is 0.349. The molecule has 1 rings (SSSR count). The van der Waals surface area contributed by atoms with Crippen LogP contribution in [0.5, 0.6) is 0 Å². The molecule has 0 aromatic heterocycles. The summed E-state index contributed by atoms with van der Waals surface area (Å²) in [6.07, 6.45) is 0. The zero-order chi connectivity index (χ0) is 12.1. The molecule has 0 aliphatic carbocycles. The molecule has 0 saturated heterocycles. The summed E-state index contributed by atoms with van der Waals surface area (Å²) in [6, 6.07) is 6.44. The Morgan fingerprint density at radius 1 is 1.44 bits per heavy atom. The van der Waals surface area contributed by atoms with Crippen LogP contribution in [0, 0.1) is 0 Å². The molecule has 1 N–H and O–H groups in total. The summed E-state index contributed by atoms with van der Waals surface area (Å²) in [6.45, 7) is 4.00. The van der Waals surface area contributed by atoms with Crippen LogP contribution in [0.1, 0.15) is 12.5 Å². The molecule has 16 heavy (non-hydrogen) atoms. The predicted molar refractivity (Wildman–Crippen MR) is 74.0 cm³/mol. The molecule has 1 unspecified atom stereocenters. The Bertz CT molecular complexity index is 342. The first-order valence-corrected chi connectivity index (χ1v) is 6.48. The number of rotatable bonds is 5. The number of hydrogen-bond acceptors (Lipinski definition) is 2. The highest BCUT2D eigenvalue weighted by molar-refractivity contribution is 9.10. The second-order valence-electron chi connectivity index (χ2n) is 4.28. The van der Waals surface area contributed by atoms with Gasteiger partial charge in [-0.25, -0.2) is 0 Å². The van der Waals surface area contributed by atoms with E-state index in [2.05, 4.69) is 47.2 Å². The zero-order valence-electron chi connectivity index (χ0n) is 9.93. The van der Waals surface area contributed by atoms with Crippen LogP contribution in [0.15, 0.2) is 22.7 Å². The quantitative estimate of drug-likeness (QED) is 0.899. The molecule has 0 radical (unpaired) electrons. The maximum absolute atomic E-state index is 6.14. The van der Waals surface area contributed by atoms with Crippen LogP contribution in [0.2, 0.25) is 5.02 Å². The summed E-state index contributed by atoms with van der Waals surface area (Å²) in [5.74, 6) is 0. The van der Waals surface area contributed by atoms with E-state index in [0.29, 0.717) is 6.04 Å². The molecular weight excluding hydrogens is 288 g/mol. The lowest BCUT2D eigenvalue weighted by Crippen LogP contribution is -2.35. The van der Waals surface area contributed by atoms with Gasteiger partial charge in [-0.2, -0.15) is 0 Å². The Labute approximate surface area is 111 Å². The molecule has 4 heteroatoms. The summed E-state index contributed by atoms with van der Waals surface area (Å²) < 4.78 is 1.02. The van der Waals surface area contributed by atoms with E-state index in [-0.39, 0.29) is 0 Å². The number of halogens is 2. The Kier molecular flexibility index (Phi) is 5.76. The first-order valence-electron chi connectivity index (χ1n) is 5.31. The average Bonchev–Trinajstić information content (AvgIpc) is 2.15. The summed E-state index contributed by atoms with van der Waals surface area (Å²) in [7, 11) is 4.15. The molecule has 0 amide bonds. The van der Waals surface area contributed by atoms with Gasteiger partial charge in [0, 0.05) is 28.6 Å². The van der Waals surface area contributed by atoms with E-state index < -0.39 is 0 Å². The third kappa shape index (κ3) is 4.83. The fourth-order valence-corrected chi connectivity index (χ4v) is 2.30. The molecule has 0 saturated carbocycles. The van der Waals surface area contributed by atoms with Crippen molar-refractivity contribution in [1.29, 1.82) is 0 Å². The molecule has 0 spiro atoms. The van der Waals surface area contributed by atoms with Crippen molar-refractivity contribution >= 4 is 27.5 Å². The smallest absolute Gasteiger partial charge is 0.0462 e. The minimum Gasteiger partial charge on any atom is -0.309 e. The van der Waals surface area contributed by atoms with E-state index in [0.717, 1.165) is 28.1 Å². The Morgan fingerprint density at radius 3 is 2.69 bits per heavy atom. The number of hydrogen-bond donors (Lipinski definition) is 1. The molecule has 2 nitrogen and oxygen atoms in total. The minimum absolute atomic E-state index is 0.453. The molecule has 1 aromatic carbocycles. The molecule has 1 atom stereocenters. The van der Waals surface area contributed by atoms with Gasteiger partial charge < -0.3 is 10.2 Å². The van der Waals surface area contributed by atoms with Crippen LogP contribution in [0.3, 0.4) is 0 Å². The van der Waals surface area contributed by atoms with Gasteiger partial charge in [-0.15, -0.1) is 0 Å². The Balaban J connectivity index is 2.48. The number of nitrogens with zero attached hydrogens (tertiary/aromatic N) is 1. The highest BCUT2D eigenvalue weighted by Crippen LogP contribution is 2.21. The van der Waals surface area contributed by atoms with Gasteiger partial charge in [0.25, 0.3) is 0 Å². The van der Waals surface area contributed by atoms with E-state index in [4.69, 9.17) is 11.6 Å². The third-order valence-corrected chi connectivity index (χ3v) is 3.14. The third-order valence-electron chi connectivity index (χ3n) is 2.30. The largest absolute Gasteiger partial charge is 0.309 e. The minimum atomic E-state index is 0.453. The van der Waals surface area contributed by atoms with E-state index in [1.807, 2.05) is 18.2 Å². The van der Waals surface area contributed by atoms with Crippen molar-refractivity contribution in [3.63, 3.8) is 0 Å². The predicted octanol–water partition coefficient (Wildman–Crippen LogP) is 3.14. The van der Waals surface area contributed by atoms with E-state index in [1.54, 1.807) is 0 Å². The van der Waals surface area contributed by atoms with Gasteiger partial charge in [-0.05, 0) is 38.7 Å². The second-order valence-corrected chi connectivity index (χ2v) is 5.60. The van der Waals surface area contributed by atoms with Crippen molar-refractivity contribution in [2.75, 3.05) is 20.6 Å². The van der Waals surface area contributed by atoms with Gasteiger partial charge >= 0.3 is 0 Å². The fraction of sp³-hybridized carbons (Fsp3) is 0.500. The van der Waals surface area contributed by atoms with Crippen LogP contribution in [0.25, 0.3) is 0 Å². The second kappa shape index (κ2) is 6.60. The Morgan fingerprint density at radius 2 is 2.12 bits per heavy atom. The number of likely N-dealkylation sites (N-methyl/N-ethyl adjacent to an activating group) is 1. The van der Waals surface area contributed by atoms with Gasteiger partial charge in [0.05, 0.1) is 0 Å². The molecular formula is C12H18BrClN2. The lowest BCUT2D eigenvalue weighted by Gasteiger charge is -2.18. The highest BCUT2D eigenvalue weighted by Gasteiger charge is 2.05. The zero-order valence-corrected chi connectivity index (χ0v) is 12.3. The first kappa shape index (κ1) is 14.0. The molecule has 1 aromatic rings. The Hall–Kier alpha value is -0.0900. The summed E-state index contributed by atoms with van der Waals surface area (Å²) in [5.41, 5.74) is 1.13. The van der Waals surface area contributed by atoms with E-state index in [1.165, 1.54) is 0 Å². The fourth-order valence-electron chi connectivity index (χ4n) is 1.56. The SMILES string of the molecule is CC(CN(C)C)NCc1ccc(Br)cc1Cl. The molecule has 0 fully saturated rings. The maximum atomic E-state index is 6.14. The molecule has 0 aliphatic heterocycles. The van der Waals surface area contributed by atoms with Crippen LogP contribution in [0.4, 0.5) is 0 Å². The number of benzene rings is 1.